The van der Waals surface area contributed by atoms with Crippen LogP contribution in [-0.4, -0.2) is 36.7 Å². The van der Waals surface area contributed by atoms with Crippen LogP contribution in [0.25, 0.3) is 0 Å². The van der Waals surface area contributed by atoms with Gasteiger partial charge >= 0.3 is 0 Å². The smallest absolute Gasteiger partial charge is 0.256 e. The van der Waals surface area contributed by atoms with Crippen LogP contribution in [0.4, 0.5) is 0 Å². The van der Waals surface area contributed by atoms with E-state index in [1.807, 2.05) is 18.2 Å². The van der Waals surface area contributed by atoms with Crippen LogP contribution in [0.3, 0.4) is 0 Å². The lowest BCUT2D eigenvalue weighted by Crippen LogP contribution is -2.48. The van der Waals surface area contributed by atoms with Crippen molar-refractivity contribution in [3.8, 4) is 0 Å². The Morgan fingerprint density at radius 3 is 2.82 bits per heavy atom. The topological polar surface area (TPSA) is 50.4 Å². The first-order valence-corrected chi connectivity index (χ1v) is 5.91. The number of carbonyl (C=O) groups excluding carboxylic acids is 1. The molecule has 1 amide bonds. The Balaban J connectivity index is 1.92. The fraction of sp³-hybridized carbons (Fsp3) is 0.333. The Labute approximate surface area is 105 Å². The van der Waals surface area contributed by atoms with Crippen molar-refractivity contribution >= 4 is 23.1 Å². The third-order valence-corrected chi connectivity index (χ3v) is 2.86. The van der Waals surface area contributed by atoms with Crippen LogP contribution < -0.4 is 10.6 Å². The Morgan fingerprint density at radius 2 is 2.18 bits per heavy atom. The quantitative estimate of drug-likeness (QED) is 0.760. The van der Waals surface area contributed by atoms with E-state index in [0.29, 0.717) is 23.7 Å². The molecule has 4 nitrogen and oxygen atoms in total. The van der Waals surface area contributed by atoms with Crippen LogP contribution in [0.2, 0.25) is 0 Å². The fourth-order valence-electron chi connectivity index (χ4n) is 1.59. The number of hydrogen-bond donors (Lipinski definition) is 2. The Morgan fingerprint density at radius 1 is 1.41 bits per heavy atom. The number of thiocarbonyl (C=S) groups is 1. The molecule has 1 unspecified atom stereocenters. The number of benzene rings is 1. The van der Waals surface area contributed by atoms with Gasteiger partial charge in [0.1, 0.15) is 11.1 Å². The Bertz CT molecular complexity index is 402. The number of rotatable bonds is 2. The SMILES string of the molecule is O=C(NC(=S)C1CNCCO1)c1ccccc1. The molecular formula is C12H14N2O2S. The molecule has 1 aromatic rings. The highest BCUT2D eigenvalue weighted by Crippen LogP contribution is 2.01. The second-order valence-corrected chi connectivity index (χ2v) is 4.19. The van der Waals surface area contributed by atoms with Crippen molar-refractivity contribution in [2.45, 2.75) is 6.10 Å². The lowest BCUT2D eigenvalue weighted by Gasteiger charge is -2.24. The van der Waals surface area contributed by atoms with Crippen LogP contribution in [-0.2, 0) is 4.74 Å². The van der Waals surface area contributed by atoms with Gasteiger partial charge in [-0.2, -0.15) is 0 Å². The summed E-state index contributed by atoms with van der Waals surface area (Å²) in [7, 11) is 0. The van der Waals surface area contributed by atoms with E-state index in [9.17, 15) is 4.79 Å². The molecule has 1 aromatic carbocycles. The molecular weight excluding hydrogens is 236 g/mol. The van der Waals surface area contributed by atoms with Gasteiger partial charge in [0.2, 0.25) is 0 Å². The average molecular weight is 250 g/mol. The first kappa shape index (κ1) is 12.2. The molecule has 0 bridgehead atoms. The summed E-state index contributed by atoms with van der Waals surface area (Å²) in [6.45, 7) is 2.09. The fourth-order valence-corrected chi connectivity index (χ4v) is 1.83. The lowest BCUT2D eigenvalue weighted by atomic mass is 10.2. The summed E-state index contributed by atoms with van der Waals surface area (Å²) in [6.07, 6.45) is -0.216. The summed E-state index contributed by atoms with van der Waals surface area (Å²) in [5.41, 5.74) is 0.596. The van der Waals surface area contributed by atoms with E-state index in [-0.39, 0.29) is 12.0 Å². The molecule has 1 aliphatic heterocycles. The third-order valence-electron chi connectivity index (χ3n) is 2.49. The van der Waals surface area contributed by atoms with Crippen LogP contribution in [0.1, 0.15) is 10.4 Å². The Hall–Kier alpha value is -1.30. The molecule has 0 radical (unpaired) electrons. The maximum absolute atomic E-state index is 11.8. The summed E-state index contributed by atoms with van der Waals surface area (Å²) in [6, 6.07) is 8.99. The van der Waals surface area contributed by atoms with Gasteiger partial charge in [0.25, 0.3) is 5.91 Å². The van der Waals surface area contributed by atoms with E-state index < -0.39 is 0 Å². The van der Waals surface area contributed by atoms with Crippen molar-refractivity contribution in [3.63, 3.8) is 0 Å². The predicted octanol–water partition coefficient (Wildman–Crippen LogP) is 0.732. The number of carbonyl (C=O) groups is 1. The molecule has 1 aliphatic rings. The molecule has 0 aliphatic carbocycles. The molecule has 1 atom stereocenters. The van der Waals surface area contributed by atoms with Crippen molar-refractivity contribution in [1.29, 1.82) is 0 Å². The zero-order chi connectivity index (χ0) is 12.1. The van der Waals surface area contributed by atoms with Crippen molar-refractivity contribution in [2.24, 2.45) is 0 Å². The van der Waals surface area contributed by atoms with E-state index in [4.69, 9.17) is 17.0 Å². The molecule has 17 heavy (non-hydrogen) atoms. The number of ether oxygens (including phenoxy) is 1. The number of nitrogens with one attached hydrogen (secondary N) is 2. The zero-order valence-corrected chi connectivity index (χ0v) is 10.1. The van der Waals surface area contributed by atoms with Gasteiger partial charge in [-0.3, -0.25) is 4.79 Å². The minimum atomic E-state index is -0.216. The number of hydrogen-bond acceptors (Lipinski definition) is 4. The molecule has 2 N–H and O–H groups in total. The van der Waals surface area contributed by atoms with Crippen LogP contribution in [0.15, 0.2) is 30.3 Å². The molecule has 2 rings (SSSR count). The minimum Gasteiger partial charge on any atom is -0.368 e. The molecule has 1 heterocycles. The summed E-state index contributed by atoms with van der Waals surface area (Å²) >= 11 is 5.15. The van der Waals surface area contributed by atoms with E-state index in [1.54, 1.807) is 12.1 Å². The van der Waals surface area contributed by atoms with Crippen LogP contribution >= 0.6 is 12.2 Å². The van der Waals surface area contributed by atoms with Crippen molar-refractivity contribution in [3.05, 3.63) is 35.9 Å². The van der Waals surface area contributed by atoms with Gasteiger partial charge in [-0.25, -0.2) is 0 Å². The molecule has 1 fully saturated rings. The highest BCUT2D eigenvalue weighted by atomic mass is 32.1. The summed E-state index contributed by atoms with van der Waals surface area (Å²) in [5, 5.41) is 5.86. The molecule has 0 aromatic heterocycles. The highest BCUT2D eigenvalue weighted by Gasteiger charge is 2.20. The molecule has 5 heteroatoms. The van der Waals surface area contributed by atoms with Gasteiger partial charge in [0, 0.05) is 18.7 Å². The van der Waals surface area contributed by atoms with Crippen LogP contribution in [0.5, 0.6) is 0 Å². The van der Waals surface area contributed by atoms with Crippen molar-refractivity contribution in [2.75, 3.05) is 19.7 Å². The van der Waals surface area contributed by atoms with Gasteiger partial charge in [0.15, 0.2) is 0 Å². The maximum atomic E-state index is 11.8. The van der Waals surface area contributed by atoms with Gasteiger partial charge in [-0.1, -0.05) is 30.4 Å². The first-order chi connectivity index (χ1) is 8.27. The predicted molar refractivity (Wildman–Crippen MR) is 69.1 cm³/mol. The average Bonchev–Trinajstić information content (AvgIpc) is 2.40. The molecule has 0 spiro atoms. The Kier molecular flexibility index (Phi) is 4.19. The van der Waals surface area contributed by atoms with E-state index in [0.717, 1.165) is 6.54 Å². The third kappa shape index (κ3) is 3.33. The van der Waals surface area contributed by atoms with Crippen molar-refractivity contribution < 1.29 is 9.53 Å². The van der Waals surface area contributed by atoms with E-state index in [1.165, 1.54) is 0 Å². The normalized spacial score (nSPS) is 19.6. The van der Waals surface area contributed by atoms with Crippen LogP contribution in [0, 0.1) is 0 Å². The molecule has 1 saturated heterocycles. The maximum Gasteiger partial charge on any atom is 0.256 e. The highest BCUT2D eigenvalue weighted by molar-refractivity contribution is 7.80. The van der Waals surface area contributed by atoms with Gasteiger partial charge < -0.3 is 15.4 Å². The zero-order valence-electron chi connectivity index (χ0n) is 9.31. The summed E-state index contributed by atoms with van der Waals surface area (Å²) in [5.74, 6) is -0.190. The van der Waals surface area contributed by atoms with E-state index in [2.05, 4.69) is 10.6 Å². The molecule has 0 saturated carbocycles. The largest absolute Gasteiger partial charge is 0.368 e. The van der Waals surface area contributed by atoms with Gasteiger partial charge in [0.05, 0.1) is 6.61 Å². The summed E-state index contributed by atoms with van der Waals surface area (Å²) < 4.78 is 5.46. The van der Waals surface area contributed by atoms with Gasteiger partial charge in [-0.05, 0) is 12.1 Å². The number of amides is 1. The second-order valence-electron chi connectivity index (χ2n) is 3.75. The summed E-state index contributed by atoms with van der Waals surface area (Å²) in [4.78, 5) is 12.3. The first-order valence-electron chi connectivity index (χ1n) is 5.50. The monoisotopic (exact) mass is 250 g/mol. The van der Waals surface area contributed by atoms with Crippen molar-refractivity contribution in [1.82, 2.24) is 10.6 Å². The lowest BCUT2D eigenvalue weighted by molar-refractivity contribution is 0.0693. The van der Waals surface area contributed by atoms with Gasteiger partial charge in [-0.15, -0.1) is 0 Å². The number of morpholine rings is 1. The minimum absolute atomic E-state index is 0.190. The molecule has 90 valence electrons. The standard InChI is InChI=1S/C12H14N2O2S/c15-11(9-4-2-1-3-5-9)14-12(17)10-8-13-6-7-16-10/h1-5,10,13H,6-8H2,(H,14,15,17). The second kappa shape index (κ2) is 5.86. The van der Waals surface area contributed by atoms with E-state index >= 15 is 0 Å².